The van der Waals surface area contributed by atoms with Crippen molar-refractivity contribution >= 4 is 29.5 Å². The van der Waals surface area contributed by atoms with E-state index in [9.17, 15) is 23.9 Å². The van der Waals surface area contributed by atoms with Crippen LogP contribution >= 0.6 is 11.8 Å². The van der Waals surface area contributed by atoms with Gasteiger partial charge in [0.25, 0.3) is 11.8 Å². The van der Waals surface area contributed by atoms with Crippen molar-refractivity contribution in [3.63, 3.8) is 0 Å². The summed E-state index contributed by atoms with van der Waals surface area (Å²) in [5, 5.41) is 17.1. The van der Waals surface area contributed by atoms with Gasteiger partial charge in [0, 0.05) is 16.9 Å². The fourth-order valence-corrected chi connectivity index (χ4v) is 6.19. The van der Waals surface area contributed by atoms with Gasteiger partial charge in [-0.05, 0) is 68.5 Å². The number of rotatable bonds is 9. The lowest BCUT2D eigenvalue weighted by Crippen LogP contribution is -2.58. The maximum absolute atomic E-state index is 14.2. The summed E-state index contributed by atoms with van der Waals surface area (Å²) >= 11 is 1.45. The van der Waals surface area contributed by atoms with E-state index in [2.05, 4.69) is 10.6 Å². The van der Waals surface area contributed by atoms with Crippen molar-refractivity contribution in [2.24, 2.45) is 0 Å². The number of nitrogens with zero attached hydrogens (tertiary/aromatic N) is 1. The normalized spacial score (nSPS) is 17.5. The number of carbonyl (C=O) groups excluding carboxylic acids is 3. The van der Waals surface area contributed by atoms with Crippen LogP contribution in [0.5, 0.6) is 0 Å². The second kappa shape index (κ2) is 12.9. The van der Waals surface area contributed by atoms with E-state index in [1.54, 1.807) is 0 Å². The number of aliphatic hydroxyl groups excluding tert-OH is 1. The first kappa shape index (κ1) is 30.3. The highest BCUT2D eigenvalue weighted by Gasteiger charge is 2.49. The third-order valence-corrected chi connectivity index (χ3v) is 8.93. The Balaban J connectivity index is 1.56. The molecule has 1 saturated heterocycles. The summed E-state index contributed by atoms with van der Waals surface area (Å²) in [6.07, 6.45) is -1.49. The average Bonchev–Trinajstić information content (AvgIpc) is 3.28. The third kappa shape index (κ3) is 6.97. The number of carbonyl (C=O) groups is 3. The number of hydrogen-bond acceptors (Lipinski definition) is 5. The van der Waals surface area contributed by atoms with Gasteiger partial charge in [-0.3, -0.25) is 14.4 Å². The monoisotopic (exact) mass is 577 g/mol. The number of amides is 3. The highest BCUT2D eigenvalue weighted by molar-refractivity contribution is 8.00. The lowest BCUT2D eigenvalue weighted by atomic mass is 9.96. The number of benzene rings is 3. The van der Waals surface area contributed by atoms with Gasteiger partial charge < -0.3 is 20.6 Å². The van der Waals surface area contributed by atoms with Gasteiger partial charge in [0.2, 0.25) is 5.91 Å². The molecule has 0 radical (unpaired) electrons. The summed E-state index contributed by atoms with van der Waals surface area (Å²) in [7, 11) is 0. The molecule has 9 heteroatoms. The van der Waals surface area contributed by atoms with Crippen molar-refractivity contribution in [1.82, 2.24) is 15.5 Å². The molecule has 0 aromatic heterocycles. The van der Waals surface area contributed by atoms with Crippen molar-refractivity contribution in [3.8, 4) is 0 Å². The molecule has 3 amide bonds. The quantitative estimate of drug-likeness (QED) is 0.355. The number of aliphatic hydroxyl groups is 1. The Morgan fingerprint density at radius 3 is 2.41 bits per heavy atom. The fraction of sp³-hybridized carbons (Fsp3) is 0.344. The molecule has 1 aliphatic heterocycles. The third-order valence-electron chi connectivity index (χ3n) is 7.55. The molecule has 0 aliphatic carbocycles. The number of aryl methyl sites for hydroxylation is 1. The topological polar surface area (TPSA) is 98.7 Å². The van der Waals surface area contributed by atoms with Crippen LogP contribution in [0.3, 0.4) is 0 Å². The Labute approximate surface area is 244 Å². The number of hydrogen-bond donors (Lipinski definition) is 3. The summed E-state index contributed by atoms with van der Waals surface area (Å²) in [5.41, 5.74) is 3.11. The van der Waals surface area contributed by atoms with E-state index in [0.717, 1.165) is 16.7 Å². The Morgan fingerprint density at radius 1 is 1.02 bits per heavy atom. The van der Waals surface area contributed by atoms with E-state index in [0.29, 0.717) is 6.54 Å². The van der Waals surface area contributed by atoms with E-state index in [4.69, 9.17) is 0 Å². The second-order valence-corrected chi connectivity index (χ2v) is 12.5. The zero-order valence-electron chi connectivity index (χ0n) is 23.7. The molecule has 1 fully saturated rings. The molecule has 3 aromatic carbocycles. The van der Waals surface area contributed by atoms with Gasteiger partial charge >= 0.3 is 0 Å². The van der Waals surface area contributed by atoms with E-state index in [1.807, 2.05) is 75.4 Å². The summed E-state index contributed by atoms with van der Waals surface area (Å²) in [5.74, 6) is -1.89. The Kier molecular flexibility index (Phi) is 9.50. The molecule has 7 nitrogen and oxygen atoms in total. The summed E-state index contributed by atoms with van der Waals surface area (Å²) in [4.78, 5) is 41.9. The van der Waals surface area contributed by atoms with Crippen LogP contribution in [0.1, 0.15) is 46.5 Å². The van der Waals surface area contributed by atoms with Crippen molar-refractivity contribution in [2.45, 2.75) is 63.6 Å². The summed E-state index contributed by atoms with van der Waals surface area (Å²) in [6.45, 7) is 7.57. The Morgan fingerprint density at radius 2 is 1.71 bits per heavy atom. The van der Waals surface area contributed by atoms with E-state index in [-0.39, 0.29) is 29.3 Å². The molecule has 3 aromatic rings. The van der Waals surface area contributed by atoms with Crippen LogP contribution in [0.15, 0.2) is 72.8 Å². The van der Waals surface area contributed by atoms with Crippen molar-refractivity contribution < 1.29 is 23.9 Å². The molecule has 1 heterocycles. The predicted molar refractivity (Wildman–Crippen MR) is 159 cm³/mol. The van der Waals surface area contributed by atoms with E-state index < -0.39 is 40.6 Å². The minimum Gasteiger partial charge on any atom is -0.381 e. The van der Waals surface area contributed by atoms with Crippen molar-refractivity contribution in [3.05, 3.63) is 106 Å². The zero-order chi connectivity index (χ0) is 29.7. The smallest absolute Gasteiger partial charge is 0.254 e. The maximum atomic E-state index is 14.2. The number of halogens is 1. The molecule has 3 atom stereocenters. The van der Waals surface area contributed by atoms with Crippen LogP contribution < -0.4 is 10.6 Å². The molecule has 1 aliphatic rings. The number of nitrogens with one attached hydrogen (secondary N) is 2. The lowest BCUT2D eigenvalue weighted by Gasteiger charge is -2.33. The van der Waals surface area contributed by atoms with E-state index in [1.165, 1.54) is 41.8 Å². The van der Waals surface area contributed by atoms with Crippen LogP contribution in [-0.4, -0.2) is 56.5 Å². The zero-order valence-corrected chi connectivity index (χ0v) is 24.5. The van der Waals surface area contributed by atoms with Crippen LogP contribution in [0, 0.1) is 19.7 Å². The van der Waals surface area contributed by atoms with Gasteiger partial charge in [0.1, 0.15) is 11.9 Å². The molecule has 0 unspecified atom stereocenters. The predicted octanol–water partition coefficient (Wildman–Crippen LogP) is 4.14. The lowest BCUT2D eigenvalue weighted by molar-refractivity contribution is -0.147. The van der Waals surface area contributed by atoms with Crippen LogP contribution in [0.25, 0.3) is 0 Å². The van der Waals surface area contributed by atoms with Crippen molar-refractivity contribution in [2.75, 3.05) is 5.88 Å². The maximum Gasteiger partial charge on any atom is 0.254 e. The van der Waals surface area contributed by atoms with Gasteiger partial charge in [0.15, 0.2) is 6.10 Å². The van der Waals surface area contributed by atoms with Gasteiger partial charge in [-0.15, -0.1) is 11.8 Å². The minimum absolute atomic E-state index is 0.119. The molecule has 0 bridgehead atoms. The fourth-order valence-electron chi connectivity index (χ4n) is 5.05. The summed E-state index contributed by atoms with van der Waals surface area (Å²) in [6, 6.07) is 19.3. The molecule has 0 spiro atoms. The largest absolute Gasteiger partial charge is 0.381 e. The first-order valence-corrected chi connectivity index (χ1v) is 14.5. The number of thioether (sulfide) groups is 1. The Hall–Kier alpha value is -3.69. The van der Waals surface area contributed by atoms with Crippen LogP contribution in [-0.2, 0) is 22.6 Å². The van der Waals surface area contributed by atoms with Gasteiger partial charge in [-0.25, -0.2) is 4.39 Å². The average molecular weight is 578 g/mol. The SMILES string of the molecule is Cc1ccccc1CNC(=O)[C@H]1N(C(=O)[C@@H](O)[C@H](Cc2ccccc2)NC(=O)c2cccc(F)c2C)CSC1(C)C. The van der Waals surface area contributed by atoms with Crippen LogP contribution in [0.4, 0.5) is 4.39 Å². The highest BCUT2D eigenvalue weighted by atomic mass is 32.2. The molecule has 41 heavy (non-hydrogen) atoms. The minimum atomic E-state index is -1.64. The highest BCUT2D eigenvalue weighted by Crippen LogP contribution is 2.40. The Bertz CT molecular complexity index is 1420. The first-order chi connectivity index (χ1) is 19.5. The van der Waals surface area contributed by atoms with Gasteiger partial charge in [0.05, 0.1) is 11.9 Å². The van der Waals surface area contributed by atoms with Crippen LogP contribution in [0.2, 0.25) is 0 Å². The molecule has 0 saturated carbocycles. The molecule has 216 valence electrons. The molecule has 4 rings (SSSR count). The summed E-state index contributed by atoms with van der Waals surface area (Å²) < 4.78 is 13.6. The van der Waals surface area contributed by atoms with E-state index >= 15 is 0 Å². The molecular weight excluding hydrogens is 541 g/mol. The second-order valence-electron chi connectivity index (χ2n) is 10.9. The first-order valence-electron chi connectivity index (χ1n) is 13.5. The molecular formula is C32H36FN3O4S. The molecule has 3 N–H and O–H groups in total. The van der Waals surface area contributed by atoms with Crippen molar-refractivity contribution in [1.29, 1.82) is 0 Å². The van der Waals surface area contributed by atoms with Gasteiger partial charge in [-0.2, -0.15) is 0 Å². The van der Waals surface area contributed by atoms with Gasteiger partial charge in [-0.1, -0.05) is 60.7 Å². The standard InChI is InChI=1S/C32H36FN3O4S/c1-20-11-8-9-14-23(20)18-34-30(39)28-32(3,4)41-19-36(28)31(40)27(37)26(17-22-12-6-5-7-13-22)35-29(38)24-15-10-16-25(33)21(24)2/h5-16,26-28,37H,17-19H2,1-4H3,(H,34,39)(H,35,38)/t26-,27-,28+/m0/s1.